The molecular formula is C27H27N3O5S2. The lowest BCUT2D eigenvalue weighted by atomic mass is 9.89. The number of carbonyl (C=O) groups excluding carboxylic acids is 1. The first kappa shape index (κ1) is 25.3. The SMILES string of the molecule is C=CCn1c(SCc2cc(=O)oc3cc(NC(=O)OCC)ccc23)nc2sc3c(c2c1=O)CC[C@@H](C)C3. The summed E-state index contributed by atoms with van der Waals surface area (Å²) in [4.78, 5) is 44.6. The molecule has 37 heavy (non-hydrogen) atoms. The molecule has 0 unspecified atom stereocenters. The summed E-state index contributed by atoms with van der Waals surface area (Å²) in [7, 11) is 0. The fourth-order valence-electron chi connectivity index (χ4n) is 4.66. The van der Waals surface area contributed by atoms with Gasteiger partial charge in [0.15, 0.2) is 5.16 Å². The van der Waals surface area contributed by atoms with Crippen LogP contribution in [0.15, 0.2) is 56.1 Å². The van der Waals surface area contributed by atoms with E-state index in [2.05, 4.69) is 18.8 Å². The van der Waals surface area contributed by atoms with E-state index in [-0.39, 0.29) is 12.2 Å². The van der Waals surface area contributed by atoms with E-state index in [0.717, 1.165) is 46.0 Å². The fraction of sp³-hybridized carbons (Fsp3) is 0.333. The van der Waals surface area contributed by atoms with Crippen LogP contribution in [0.2, 0.25) is 0 Å². The predicted molar refractivity (Wildman–Crippen MR) is 148 cm³/mol. The van der Waals surface area contributed by atoms with E-state index < -0.39 is 11.7 Å². The largest absolute Gasteiger partial charge is 0.450 e. The number of ether oxygens (including phenoxy) is 1. The molecule has 1 aromatic carbocycles. The molecular weight excluding hydrogens is 510 g/mol. The number of fused-ring (bicyclic) bond motifs is 4. The summed E-state index contributed by atoms with van der Waals surface area (Å²) < 4.78 is 12.0. The number of nitrogens with one attached hydrogen (secondary N) is 1. The maximum atomic E-state index is 13.6. The standard InChI is InChI=1S/C27H27N3O5S2/c1-4-10-30-25(32)23-19-8-6-15(3)11-21(19)37-24(23)29-26(30)36-14-16-12-22(31)35-20-13-17(7-9-18(16)20)28-27(33)34-5-2/h4,7,9,12-13,15H,1,5-6,8,10-11,14H2,2-3H3,(H,28,33)/t15-/m1/s1. The summed E-state index contributed by atoms with van der Waals surface area (Å²) in [5.74, 6) is 1.01. The number of thioether (sulfide) groups is 1. The first-order valence-electron chi connectivity index (χ1n) is 12.2. The van der Waals surface area contributed by atoms with Crippen LogP contribution in [0, 0.1) is 5.92 Å². The Morgan fingerprint density at radius 3 is 3.00 bits per heavy atom. The molecule has 0 bridgehead atoms. The van der Waals surface area contributed by atoms with E-state index in [0.29, 0.717) is 34.6 Å². The molecule has 1 N–H and O–H groups in total. The summed E-state index contributed by atoms with van der Waals surface area (Å²) in [6, 6.07) is 6.56. The Morgan fingerprint density at radius 2 is 2.22 bits per heavy atom. The van der Waals surface area contributed by atoms with Gasteiger partial charge in [-0.1, -0.05) is 24.8 Å². The summed E-state index contributed by atoms with van der Waals surface area (Å²) in [6.45, 7) is 8.39. The van der Waals surface area contributed by atoms with E-state index >= 15 is 0 Å². The molecule has 0 radical (unpaired) electrons. The second kappa shape index (κ2) is 10.5. The Bertz CT molecular complexity index is 1640. The number of hydrogen-bond acceptors (Lipinski definition) is 8. The van der Waals surface area contributed by atoms with Crippen LogP contribution in [-0.4, -0.2) is 22.3 Å². The molecule has 0 saturated carbocycles. The minimum atomic E-state index is -0.581. The highest BCUT2D eigenvalue weighted by molar-refractivity contribution is 7.98. The van der Waals surface area contributed by atoms with Crippen molar-refractivity contribution in [1.29, 1.82) is 0 Å². The average Bonchev–Trinajstić information content (AvgIpc) is 3.21. The molecule has 8 nitrogen and oxygen atoms in total. The average molecular weight is 538 g/mol. The molecule has 1 amide bonds. The molecule has 0 fully saturated rings. The zero-order valence-corrected chi connectivity index (χ0v) is 22.3. The molecule has 5 rings (SSSR count). The van der Waals surface area contributed by atoms with Crippen molar-refractivity contribution in [1.82, 2.24) is 9.55 Å². The normalized spacial score (nSPS) is 15.0. The van der Waals surface area contributed by atoms with Gasteiger partial charge in [-0.15, -0.1) is 17.9 Å². The van der Waals surface area contributed by atoms with E-state index in [1.807, 2.05) is 0 Å². The predicted octanol–water partition coefficient (Wildman–Crippen LogP) is 5.74. The summed E-state index contributed by atoms with van der Waals surface area (Å²) >= 11 is 3.02. The van der Waals surface area contributed by atoms with Crippen LogP contribution >= 0.6 is 23.1 Å². The molecule has 0 spiro atoms. The lowest BCUT2D eigenvalue weighted by molar-refractivity contribution is 0.168. The lowest BCUT2D eigenvalue weighted by Gasteiger charge is -2.17. The monoisotopic (exact) mass is 537 g/mol. The van der Waals surface area contributed by atoms with Crippen molar-refractivity contribution in [3.63, 3.8) is 0 Å². The van der Waals surface area contributed by atoms with Gasteiger partial charge in [0.2, 0.25) is 0 Å². The van der Waals surface area contributed by atoms with Gasteiger partial charge in [0, 0.05) is 40.4 Å². The maximum absolute atomic E-state index is 13.6. The Labute approximate surface area is 221 Å². The Balaban J connectivity index is 1.49. The van der Waals surface area contributed by atoms with Crippen LogP contribution in [0.5, 0.6) is 0 Å². The highest BCUT2D eigenvalue weighted by Crippen LogP contribution is 2.37. The molecule has 1 aliphatic carbocycles. The van der Waals surface area contributed by atoms with Crippen molar-refractivity contribution in [2.75, 3.05) is 11.9 Å². The second-order valence-electron chi connectivity index (χ2n) is 9.07. The van der Waals surface area contributed by atoms with Gasteiger partial charge >= 0.3 is 11.7 Å². The third kappa shape index (κ3) is 5.08. The number of carbonyl (C=O) groups is 1. The van der Waals surface area contributed by atoms with Crippen molar-refractivity contribution in [2.24, 2.45) is 5.92 Å². The van der Waals surface area contributed by atoms with E-state index in [1.54, 1.807) is 47.1 Å². The third-order valence-corrected chi connectivity index (χ3v) is 8.57. The Morgan fingerprint density at radius 1 is 1.38 bits per heavy atom. The van der Waals surface area contributed by atoms with Crippen molar-refractivity contribution < 1.29 is 13.9 Å². The van der Waals surface area contributed by atoms with Crippen molar-refractivity contribution >= 4 is 56.1 Å². The molecule has 1 atom stereocenters. The number of thiophene rings is 1. The number of benzene rings is 1. The first-order chi connectivity index (χ1) is 17.9. The van der Waals surface area contributed by atoms with E-state index in [4.69, 9.17) is 14.1 Å². The number of aromatic nitrogens is 2. The van der Waals surface area contributed by atoms with Gasteiger partial charge in [-0.25, -0.2) is 14.6 Å². The number of allylic oxidation sites excluding steroid dienone is 1. The molecule has 3 heterocycles. The van der Waals surface area contributed by atoms with Gasteiger partial charge in [0.05, 0.1) is 12.0 Å². The Hall–Kier alpha value is -3.37. The number of nitrogens with zero attached hydrogens (tertiary/aromatic N) is 2. The Kier molecular flexibility index (Phi) is 7.21. The maximum Gasteiger partial charge on any atom is 0.411 e. The number of amides is 1. The van der Waals surface area contributed by atoms with Crippen molar-refractivity contribution in [3.05, 3.63) is 73.7 Å². The topological polar surface area (TPSA) is 103 Å². The highest BCUT2D eigenvalue weighted by Gasteiger charge is 2.24. The fourth-order valence-corrected chi connectivity index (χ4v) is 7.08. The van der Waals surface area contributed by atoms with Crippen LogP contribution in [0.1, 0.15) is 36.3 Å². The van der Waals surface area contributed by atoms with Gasteiger partial charge in [-0.2, -0.15) is 0 Å². The lowest BCUT2D eigenvalue weighted by Crippen LogP contribution is -2.23. The third-order valence-electron chi connectivity index (χ3n) is 6.40. The summed E-state index contributed by atoms with van der Waals surface area (Å²) in [6.07, 6.45) is 4.09. The summed E-state index contributed by atoms with van der Waals surface area (Å²) in [5, 5.41) is 4.68. The van der Waals surface area contributed by atoms with Crippen molar-refractivity contribution in [3.8, 4) is 0 Å². The number of hydrogen-bond donors (Lipinski definition) is 1. The minimum absolute atomic E-state index is 0.0356. The van der Waals surface area contributed by atoms with E-state index in [9.17, 15) is 14.4 Å². The molecule has 0 aliphatic heterocycles. The minimum Gasteiger partial charge on any atom is -0.450 e. The van der Waals surface area contributed by atoms with Gasteiger partial charge < -0.3 is 9.15 Å². The second-order valence-corrected chi connectivity index (χ2v) is 11.1. The first-order valence-corrected chi connectivity index (χ1v) is 14.0. The zero-order chi connectivity index (χ0) is 26.1. The van der Waals surface area contributed by atoms with Gasteiger partial charge in [0.1, 0.15) is 10.4 Å². The molecule has 3 aromatic heterocycles. The van der Waals surface area contributed by atoms with Crippen LogP contribution in [0.4, 0.5) is 10.5 Å². The molecule has 0 saturated heterocycles. The smallest absolute Gasteiger partial charge is 0.411 e. The van der Waals surface area contributed by atoms with Gasteiger partial charge in [-0.05, 0) is 55.4 Å². The number of rotatable bonds is 7. The molecule has 1 aliphatic rings. The highest BCUT2D eigenvalue weighted by atomic mass is 32.2. The van der Waals surface area contributed by atoms with Crippen LogP contribution < -0.4 is 16.5 Å². The zero-order valence-electron chi connectivity index (χ0n) is 20.7. The van der Waals surface area contributed by atoms with Crippen molar-refractivity contribution in [2.45, 2.75) is 50.6 Å². The molecule has 192 valence electrons. The summed E-state index contributed by atoms with van der Waals surface area (Å²) in [5.41, 5.74) is 2.18. The van der Waals surface area contributed by atoms with E-state index in [1.165, 1.54) is 22.7 Å². The van der Waals surface area contributed by atoms with Crippen LogP contribution in [0.25, 0.3) is 21.2 Å². The molecule has 10 heteroatoms. The van der Waals surface area contributed by atoms with Gasteiger partial charge in [0.25, 0.3) is 5.56 Å². The van der Waals surface area contributed by atoms with Gasteiger partial charge in [-0.3, -0.25) is 14.7 Å². The van der Waals surface area contributed by atoms with Crippen LogP contribution in [-0.2, 0) is 29.9 Å². The quantitative estimate of drug-likeness (QED) is 0.139. The number of anilines is 1. The number of aryl methyl sites for hydroxylation is 1. The molecule has 4 aromatic rings. The van der Waals surface area contributed by atoms with Crippen LogP contribution in [0.3, 0.4) is 0 Å².